The van der Waals surface area contributed by atoms with E-state index in [1.54, 1.807) is 0 Å². The molecular formula is C127H71N17. The van der Waals surface area contributed by atoms with Crippen molar-refractivity contribution in [2.75, 3.05) is 0 Å². The average Bonchev–Trinajstić information content (AvgIpc) is 1.58. The summed E-state index contributed by atoms with van der Waals surface area (Å²) in [7, 11) is 0. The molecule has 9 aromatic heterocycles. The Hall–Kier alpha value is -21.3. The molecule has 0 N–H and O–H groups in total. The van der Waals surface area contributed by atoms with Crippen LogP contribution in [-0.2, 0) is 0 Å². The SMILES string of the molecule is N#Cc1cc(-n2c3ccccc3c3cc(C#N)ccc32)cc(-n2c3ccccc3c3cc(C#N)ccc32)c1.N#Cc1cc(-n2c3ccccc3c3ccccc32)cc(-n2c3ccccc3c3cc(C#N)ccc32)c1.N#Cc1cc(-n2c3ccccc3c3ccccc32)cc(-n2c3ccccc3c3ccccc32)c1.N#Cc1ccc2c(c1)c1ccccc1n2-c1cccc(-n2c3ccccc3c3cc(C#N)ccc32)n1. The highest BCUT2D eigenvalue weighted by atomic mass is 15.1. The van der Waals surface area contributed by atoms with Gasteiger partial charge >= 0.3 is 0 Å². The van der Waals surface area contributed by atoms with Crippen LogP contribution in [-0.4, -0.2) is 41.5 Å². The van der Waals surface area contributed by atoms with E-state index in [-0.39, 0.29) is 0 Å². The number of nitrogens with zero attached hydrogens (tertiary/aromatic N) is 17. The number of para-hydroxylation sites is 11. The van der Waals surface area contributed by atoms with Crippen LogP contribution in [0, 0.1) is 90.6 Å². The van der Waals surface area contributed by atoms with Crippen molar-refractivity contribution in [3.8, 4) is 94.3 Å². The summed E-state index contributed by atoms with van der Waals surface area (Å²) in [4.78, 5) is 5.14. The molecule has 0 amide bonds. The third-order valence-electron chi connectivity index (χ3n) is 27.6. The van der Waals surface area contributed by atoms with Crippen LogP contribution >= 0.6 is 0 Å². The van der Waals surface area contributed by atoms with Crippen molar-refractivity contribution in [1.29, 1.82) is 42.1 Å². The second-order valence-electron chi connectivity index (χ2n) is 35.5. The molecule has 19 aromatic carbocycles. The van der Waals surface area contributed by atoms with Crippen molar-refractivity contribution in [3.63, 3.8) is 0 Å². The highest BCUT2D eigenvalue weighted by Crippen LogP contribution is 2.44. The number of fused-ring (bicyclic) bond motifs is 24. The van der Waals surface area contributed by atoms with Gasteiger partial charge in [-0.15, -0.1) is 0 Å². The Labute approximate surface area is 822 Å². The van der Waals surface area contributed by atoms with Gasteiger partial charge in [-0.2, -0.15) is 42.1 Å². The fraction of sp³-hybridized carbons (Fsp3) is 0. The fourth-order valence-electron chi connectivity index (χ4n) is 21.6. The number of pyridine rings is 1. The molecule has 28 aromatic rings. The van der Waals surface area contributed by atoms with Gasteiger partial charge in [-0.1, -0.05) is 206 Å². The van der Waals surface area contributed by atoms with Crippen molar-refractivity contribution in [2.45, 2.75) is 0 Å². The van der Waals surface area contributed by atoms with E-state index >= 15 is 0 Å². The van der Waals surface area contributed by atoms with Gasteiger partial charge in [0.2, 0.25) is 0 Å². The zero-order valence-electron chi connectivity index (χ0n) is 76.6. The first-order valence-corrected chi connectivity index (χ1v) is 46.8. The van der Waals surface area contributed by atoms with Crippen LogP contribution in [0.25, 0.3) is 220 Å². The van der Waals surface area contributed by atoms with Gasteiger partial charge in [-0.05, 0) is 224 Å². The van der Waals surface area contributed by atoms with Crippen LogP contribution in [0.3, 0.4) is 0 Å². The average molecular weight is 1840 g/mol. The Morgan fingerprint density at radius 1 is 0.125 bits per heavy atom. The molecule has 0 fully saturated rings. The molecule has 144 heavy (non-hydrogen) atoms. The lowest BCUT2D eigenvalue weighted by Crippen LogP contribution is -2.03. The highest BCUT2D eigenvalue weighted by Gasteiger charge is 2.25. The predicted octanol–water partition coefficient (Wildman–Crippen LogP) is 29.9. The summed E-state index contributed by atoms with van der Waals surface area (Å²) in [5.74, 6) is 1.59. The molecule has 17 heteroatoms. The maximum absolute atomic E-state index is 10.0. The molecule has 0 radical (unpaired) electrons. The molecule has 0 spiro atoms. The Balaban J connectivity index is 0.000000101. The number of benzene rings is 19. The molecule has 0 saturated heterocycles. The maximum Gasteiger partial charge on any atom is 0.140 e. The third kappa shape index (κ3) is 13.7. The van der Waals surface area contributed by atoms with Crippen molar-refractivity contribution >= 4 is 174 Å². The van der Waals surface area contributed by atoms with E-state index in [2.05, 4.69) is 297 Å². The van der Waals surface area contributed by atoms with E-state index in [1.807, 2.05) is 218 Å². The van der Waals surface area contributed by atoms with Crippen LogP contribution in [0.4, 0.5) is 0 Å². The van der Waals surface area contributed by atoms with Gasteiger partial charge in [-0.25, -0.2) is 4.98 Å². The lowest BCUT2D eigenvalue weighted by Gasteiger charge is -2.13. The predicted molar refractivity (Wildman–Crippen MR) is 576 cm³/mol. The van der Waals surface area contributed by atoms with Crippen LogP contribution in [0.1, 0.15) is 44.5 Å². The molecule has 9 heterocycles. The summed E-state index contributed by atoms with van der Waals surface area (Å²) in [6.45, 7) is 0. The molecule has 0 atom stereocenters. The highest BCUT2D eigenvalue weighted by molar-refractivity contribution is 6.17. The fourth-order valence-corrected chi connectivity index (χ4v) is 21.6. The molecule has 0 bridgehead atoms. The van der Waals surface area contributed by atoms with Gasteiger partial charge in [-0.3, -0.25) is 9.13 Å². The Morgan fingerprint density at radius 2 is 0.271 bits per heavy atom. The topological polar surface area (TPSA) is 243 Å². The summed E-state index contributed by atoms with van der Waals surface area (Å²) < 4.78 is 17.6. The molecule has 0 unspecified atom stereocenters. The van der Waals surface area contributed by atoms with Gasteiger partial charge in [0.1, 0.15) is 11.6 Å². The first-order valence-electron chi connectivity index (χ1n) is 46.8. The molecule has 17 nitrogen and oxygen atoms in total. The Morgan fingerprint density at radius 3 is 0.444 bits per heavy atom. The molecule has 664 valence electrons. The smallest absolute Gasteiger partial charge is 0.140 e. The van der Waals surface area contributed by atoms with E-state index in [0.29, 0.717) is 44.5 Å². The first kappa shape index (κ1) is 84.4. The molecule has 0 aliphatic carbocycles. The maximum atomic E-state index is 10.0. The zero-order chi connectivity index (χ0) is 96.9. The minimum Gasteiger partial charge on any atom is -0.309 e. The van der Waals surface area contributed by atoms with Gasteiger partial charge in [0.05, 0.1) is 181 Å². The van der Waals surface area contributed by atoms with E-state index in [4.69, 9.17) is 4.98 Å². The molecule has 0 aliphatic heterocycles. The van der Waals surface area contributed by atoms with Crippen molar-refractivity contribution in [3.05, 3.63) is 475 Å². The zero-order valence-corrected chi connectivity index (χ0v) is 76.6. The quantitative estimate of drug-likeness (QED) is 0.140. The number of hydrogen-bond acceptors (Lipinski definition) is 9. The van der Waals surface area contributed by atoms with E-state index in [1.165, 1.54) is 32.3 Å². The monoisotopic (exact) mass is 1830 g/mol. The summed E-state index contributed by atoms with van der Waals surface area (Å²) in [5, 5.41) is 94.9. The van der Waals surface area contributed by atoms with Crippen molar-refractivity contribution < 1.29 is 0 Å². The van der Waals surface area contributed by atoms with Crippen LogP contribution in [0.5, 0.6) is 0 Å². The summed E-state index contributed by atoms with van der Waals surface area (Å²) in [6.07, 6.45) is 0. The summed E-state index contributed by atoms with van der Waals surface area (Å²) >= 11 is 0. The molecule has 0 aliphatic rings. The van der Waals surface area contributed by atoms with Crippen LogP contribution in [0.15, 0.2) is 431 Å². The second-order valence-corrected chi connectivity index (χ2v) is 35.5. The third-order valence-corrected chi connectivity index (χ3v) is 27.6. The van der Waals surface area contributed by atoms with Crippen molar-refractivity contribution in [2.24, 2.45) is 0 Å². The van der Waals surface area contributed by atoms with Crippen LogP contribution < -0.4 is 0 Å². The normalized spacial score (nSPS) is 11.3. The van der Waals surface area contributed by atoms with Gasteiger partial charge < -0.3 is 27.4 Å². The molecular weight excluding hydrogens is 1760 g/mol. The van der Waals surface area contributed by atoms with Crippen LogP contribution in [0.2, 0.25) is 0 Å². The Kier molecular flexibility index (Phi) is 20.2. The number of hydrogen-bond donors (Lipinski definition) is 0. The molecule has 28 rings (SSSR count). The van der Waals surface area contributed by atoms with Crippen molar-refractivity contribution in [1.82, 2.24) is 41.5 Å². The summed E-state index contributed by atoms with van der Waals surface area (Å²) in [5.41, 5.74) is 27.1. The van der Waals surface area contributed by atoms with E-state index in [9.17, 15) is 42.1 Å². The minimum absolute atomic E-state index is 0.539. The van der Waals surface area contributed by atoms with E-state index in [0.717, 1.165) is 188 Å². The number of rotatable bonds is 8. The lowest BCUT2D eigenvalue weighted by molar-refractivity contribution is 1.01. The minimum atomic E-state index is 0.539. The second kappa shape index (κ2) is 34.5. The van der Waals surface area contributed by atoms with Gasteiger partial charge in [0.15, 0.2) is 0 Å². The van der Waals surface area contributed by atoms with Gasteiger partial charge in [0.25, 0.3) is 0 Å². The largest absolute Gasteiger partial charge is 0.309 e. The Bertz CT molecular complexity index is 10100. The lowest BCUT2D eigenvalue weighted by atomic mass is 10.1. The first-order chi connectivity index (χ1) is 71.1. The summed E-state index contributed by atoms with van der Waals surface area (Å²) in [6, 6.07) is 163. The number of nitriles is 8. The molecule has 0 saturated carbocycles. The van der Waals surface area contributed by atoms with E-state index < -0.39 is 0 Å². The number of aromatic nitrogens is 9. The van der Waals surface area contributed by atoms with Gasteiger partial charge in [0, 0.05) is 120 Å². The standard InChI is InChI=1S/C33H17N5.C32H18N4.C31H17N5.C31H19N3/c34-18-21-9-11-32-28(15-21)26-5-1-3-7-30(26)37(32)24-13-23(20-36)14-25(17-24)38-31-8-4-2-6-27(31)29-16-22(19-35)10-12-33(29)38;33-19-21-13-14-32-28(17-21)27-9-3-6-12-31(27)36(32)24-16-22(20-34)15-23(18-24)35-29-10-4-1-7-25(29)26-8-2-5-11-30(26)35;32-18-20-12-14-28-24(16-20)22-6-1-3-8-26(22)35(28)30-10-5-11-31(34-30)36-27-9-4-2-7-23(27)25-17-21(19-33)13-15-29(25)36;32-20-21-17-22(33-28-13-5-1-9-24(28)25-10-2-6-14-29(25)33)19-23(18-21)34-30-15-7-3-11-26(30)27-12-4-8-16-31(27)34/h1-17H;1-18H;1-17H;1-19H.